The molecule has 1 nitrogen and oxygen atoms in total. The fraction of sp³-hybridized carbons (Fsp3) is 0.857. The van der Waals surface area contributed by atoms with Crippen molar-refractivity contribution in [3.63, 3.8) is 0 Å². The van der Waals surface area contributed by atoms with E-state index in [0.717, 1.165) is 0 Å². The van der Waals surface area contributed by atoms with Crippen LogP contribution in [0.15, 0.2) is 0 Å². The summed E-state index contributed by atoms with van der Waals surface area (Å²) < 4.78 is 0. The van der Waals surface area contributed by atoms with Crippen LogP contribution in [0.2, 0.25) is 0 Å². The Morgan fingerprint density at radius 1 is 1.45 bits per heavy atom. The second-order valence-electron chi connectivity index (χ2n) is 2.60. The molecule has 0 heterocycles. The summed E-state index contributed by atoms with van der Waals surface area (Å²) >= 11 is 3.37. The van der Waals surface area contributed by atoms with Crippen LogP contribution in [0, 0.1) is 0 Å². The Kier molecular flexibility index (Phi) is 8.56. The number of ketones is 1. The zero-order valence-corrected chi connectivity index (χ0v) is 11.2. The molecule has 0 radical (unpaired) electrons. The van der Waals surface area contributed by atoms with Gasteiger partial charge in [-0.05, 0) is 24.7 Å². The molecular weight excluding hydrogens is 292 g/mol. The fourth-order valence-electron chi connectivity index (χ4n) is 0.569. The van der Waals surface area contributed by atoms with Crippen molar-refractivity contribution in [1.82, 2.24) is 0 Å². The van der Waals surface area contributed by atoms with Crippen molar-refractivity contribution >= 4 is 32.6 Å². The Labute approximate surface area is 90.6 Å². The van der Waals surface area contributed by atoms with E-state index in [4.69, 9.17) is 0 Å². The van der Waals surface area contributed by atoms with Crippen molar-refractivity contribution in [1.29, 1.82) is 0 Å². The lowest BCUT2D eigenvalue weighted by Gasteiger charge is -2.11. The molecule has 0 saturated carbocycles. The first kappa shape index (κ1) is 14.5. The number of hydrogen-bond donors (Lipinski definition) is 0. The lowest BCUT2D eigenvalue weighted by molar-refractivity contribution is -0.116. The van der Waals surface area contributed by atoms with Gasteiger partial charge in [-0.2, -0.15) is 0 Å². The first-order chi connectivity index (χ1) is 4.46. The smallest absolute Gasteiger partial charge is 0.148 e. The molecule has 11 heavy (non-hydrogen) atoms. The highest BCUT2D eigenvalue weighted by molar-refractivity contribution is 9.10. The van der Waals surface area contributed by atoms with Crippen molar-refractivity contribution in [2.24, 2.45) is 0 Å². The van der Waals surface area contributed by atoms with Gasteiger partial charge in [-0.1, -0.05) is 15.9 Å². The van der Waals surface area contributed by atoms with Gasteiger partial charge in [-0.25, -0.2) is 0 Å². The third-order valence-electron chi connectivity index (χ3n) is 1.54. The molecule has 0 amide bonds. The van der Waals surface area contributed by atoms with E-state index in [9.17, 15) is 4.79 Å². The molecule has 0 saturated heterocycles. The molecule has 0 aliphatic rings. The molecule has 0 aliphatic heterocycles. The van der Waals surface area contributed by atoms with E-state index in [2.05, 4.69) is 35.4 Å². The predicted octanol–water partition coefficient (Wildman–Crippen LogP) is -1.39. The molecule has 4 heteroatoms. The summed E-state index contributed by atoms with van der Waals surface area (Å²) in [6, 6.07) is 0. The lowest BCUT2D eigenvalue weighted by Crippen LogP contribution is -3.00. The summed E-state index contributed by atoms with van der Waals surface area (Å²) in [4.78, 5) is 10.9. The van der Waals surface area contributed by atoms with Gasteiger partial charge in [0, 0.05) is 0 Å². The monoisotopic (exact) mass is 304 g/mol. The largest absolute Gasteiger partial charge is 1.00 e. The number of carbonyl (C=O) groups is 1. The zero-order valence-electron chi connectivity index (χ0n) is 7.23. The number of hydrogen-bond acceptors (Lipinski definition) is 1. The Hall–Kier alpha value is 0.980. The topological polar surface area (TPSA) is 17.1 Å². The molecule has 0 fully saturated rings. The Morgan fingerprint density at radius 3 is 1.91 bits per heavy atom. The molecule has 0 aromatic rings. The van der Waals surface area contributed by atoms with Gasteiger partial charge in [0.15, 0.2) is 0 Å². The average Bonchev–Trinajstić information content (AvgIpc) is 1.84. The van der Waals surface area contributed by atoms with Crippen LogP contribution in [0.1, 0.15) is 13.8 Å². The van der Waals surface area contributed by atoms with Crippen LogP contribution in [0.3, 0.4) is 0 Å². The van der Waals surface area contributed by atoms with Crippen molar-refractivity contribution in [2.45, 2.75) is 23.9 Å². The molecule has 2 atom stereocenters. The number of alkyl halides is 1. The van der Waals surface area contributed by atoms with Gasteiger partial charge in [-0.3, -0.25) is 4.79 Å². The van der Waals surface area contributed by atoms with Gasteiger partial charge in [0.2, 0.25) is 0 Å². The van der Waals surface area contributed by atoms with E-state index in [0.29, 0.717) is 16.1 Å². The maximum absolute atomic E-state index is 10.8. The van der Waals surface area contributed by atoms with Crippen LogP contribution in [0.5, 0.6) is 0 Å². The molecule has 0 rings (SSSR count). The van der Waals surface area contributed by atoms with E-state index in [-0.39, 0.29) is 27.6 Å². The summed E-state index contributed by atoms with van der Waals surface area (Å²) in [5.41, 5.74) is 0. The highest BCUT2D eigenvalue weighted by Crippen LogP contribution is 2.13. The molecule has 0 bridgehead atoms. The normalized spacial score (nSPS) is 15.5. The van der Waals surface area contributed by atoms with Gasteiger partial charge in [0.1, 0.15) is 15.9 Å². The van der Waals surface area contributed by atoms with Crippen LogP contribution in [0.25, 0.3) is 0 Å². The van der Waals surface area contributed by atoms with Crippen LogP contribution < -0.4 is 17.0 Å². The van der Waals surface area contributed by atoms with Crippen molar-refractivity contribution in [3.8, 4) is 0 Å². The summed E-state index contributed by atoms with van der Waals surface area (Å²) in [5.74, 6) is 0.230. The third kappa shape index (κ3) is 5.26. The first-order valence-electron chi connectivity index (χ1n) is 3.17. The zero-order chi connectivity index (χ0) is 8.31. The Balaban J connectivity index is 0. The highest BCUT2D eigenvalue weighted by atomic mass is 79.9. The number of halogens is 2. The molecule has 0 N–H and O–H groups in total. The molecule has 68 valence electrons. The Morgan fingerprint density at radius 2 is 1.82 bits per heavy atom. The molecule has 0 aromatic heterocycles. The van der Waals surface area contributed by atoms with Crippen LogP contribution in [-0.4, -0.2) is 28.4 Å². The van der Waals surface area contributed by atoms with Gasteiger partial charge >= 0.3 is 0 Å². The average molecular weight is 306 g/mol. The molecule has 2 unspecified atom stereocenters. The summed E-state index contributed by atoms with van der Waals surface area (Å²) in [6.45, 7) is 3.73. The van der Waals surface area contributed by atoms with Gasteiger partial charge in [0.05, 0.1) is 12.5 Å². The number of Topliss-reactive ketones (excluding diaryl/α,β-unsaturated/α-hetero) is 1. The summed E-state index contributed by atoms with van der Waals surface area (Å²) in [5, 5.41) is 0.456. The van der Waals surface area contributed by atoms with E-state index in [1.54, 1.807) is 6.92 Å². The minimum absolute atomic E-state index is 0. The first-order valence-corrected chi connectivity index (χ1v) is 6.19. The minimum atomic E-state index is 0. The number of rotatable bonds is 3. The van der Waals surface area contributed by atoms with Gasteiger partial charge in [-0.15, -0.1) is 0 Å². The predicted molar refractivity (Wildman–Crippen MR) is 52.1 cm³/mol. The van der Waals surface area contributed by atoms with E-state index < -0.39 is 0 Å². The SMILES string of the molecule is CC(=O)C(Br)C(C)[S+](C)C.[Br-]. The van der Waals surface area contributed by atoms with Gasteiger partial charge < -0.3 is 17.0 Å². The maximum Gasteiger partial charge on any atom is 0.148 e. The van der Waals surface area contributed by atoms with Crippen LogP contribution in [0.4, 0.5) is 0 Å². The summed E-state index contributed by atoms with van der Waals surface area (Å²) in [6.07, 6.45) is 4.31. The van der Waals surface area contributed by atoms with Crippen LogP contribution in [-0.2, 0) is 15.7 Å². The van der Waals surface area contributed by atoms with Crippen molar-refractivity contribution < 1.29 is 21.8 Å². The van der Waals surface area contributed by atoms with Gasteiger partial charge in [0.25, 0.3) is 0 Å². The van der Waals surface area contributed by atoms with Crippen molar-refractivity contribution in [3.05, 3.63) is 0 Å². The Bertz CT molecular complexity index is 128. The van der Waals surface area contributed by atoms with E-state index >= 15 is 0 Å². The molecular formula is C7H14Br2OS. The van der Waals surface area contributed by atoms with Crippen LogP contribution >= 0.6 is 15.9 Å². The minimum Gasteiger partial charge on any atom is -1.00 e. The quantitative estimate of drug-likeness (QED) is 0.463. The standard InChI is InChI=1S/C7H14BrOS.BrH/c1-5(9)7(8)6(2)10(3)4;/h6-7H,1-4H3;1H/q+1;/p-1. The maximum atomic E-state index is 10.8. The summed E-state index contributed by atoms with van der Waals surface area (Å²) in [7, 11) is 0.321. The second-order valence-corrected chi connectivity index (χ2v) is 6.09. The number of carbonyl (C=O) groups excluding carboxylic acids is 1. The van der Waals surface area contributed by atoms with E-state index in [1.165, 1.54) is 0 Å². The lowest BCUT2D eigenvalue weighted by atomic mass is 10.2. The third-order valence-corrected chi connectivity index (χ3v) is 5.09. The van der Waals surface area contributed by atoms with Crippen molar-refractivity contribution in [2.75, 3.05) is 12.5 Å². The molecule has 0 aromatic carbocycles. The second kappa shape index (κ2) is 6.49. The van der Waals surface area contributed by atoms with E-state index in [1.807, 2.05) is 0 Å². The molecule has 0 spiro atoms. The molecule has 0 aliphatic carbocycles. The fourth-order valence-corrected chi connectivity index (χ4v) is 2.53. The highest BCUT2D eigenvalue weighted by Gasteiger charge is 2.27.